The van der Waals surface area contributed by atoms with E-state index in [0.29, 0.717) is 0 Å². The second kappa shape index (κ2) is 14.3. The van der Waals surface area contributed by atoms with Crippen LogP contribution in [-0.4, -0.2) is 54.1 Å². The number of ether oxygens (including phenoxy) is 2. The monoisotopic (exact) mass is 617 g/mol. The Balaban J connectivity index is 0.00000384. The fraction of sp³-hybridized carbons (Fsp3) is 0.400. The number of esters is 1. The number of amides is 2. The Hall–Kier alpha value is -3.88. The van der Waals surface area contributed by atoms with Crippen LogP contribution in [-0.2, 0) is 25.7 Å². The highest BCUT2D eigenvalue weighted by Crippen LogP contribution is 2.44. The van der Waals surface area contributed by atoms with Gasteiger partial charge in [0.2, 0.25) is 5.91 Å². The average Bonchev–Trinajstić information content (AvgIpc) is 3.62. The molecule has 44 heavy (non-hydrogen) atoms. The molecular weight excluding hydrogens is 578 g/mol. The summed E-state index contributed by atoms with van der Waals surface area (Å²) < 4.78 is 11.4. The lowest BCUT2D eigenvalue weighted by Gasteiger charge is -2.31. The smallest absolute Gasteiger partial charge is 0.407 e. The third-order valence-corrected chi connectivity index (χ3v) is 9.19. The number of benzene rings is 3. The molecule has 3 N–H and O–H groups in total. The highest BCUT2D eigenvalue weighted by atomic mass is 35.5. The number of alkyl carbamates (subject to hydrolysis) is 1. The fourth-order valence-electron chi connectivity index (χ4n) is 6.93. The van der Waals surface area contributed by atoms with Crippen molar-refractivity contribution >= 4 is 30.4 Å². The van der Waals surface area contributed by atoms with Crippen LogP contribution in [0.5, 0.6) is 0 Å². The van der Waals surface area contributed by atoms with Crippen LogP contribution in [0.4, 0.5) is 4.79 Å². The molecule has 1 heterocycles. The van der Waals surface area contributed by atoms with E-state index in [4.69, 9.17) is 15.2 Å². The Bertz CT molecular complexity index is 1420. The lowest BCUT2D eigenvalue weighted by atomic mass is 9.83. The zero-order valence-corrected chi connectivity index (χ0v) is 25.5. The van der Waals surface area contributed by atoms with Crippen molar-refractivity contribution in [1.82, 2.24) is 10.2 Å². The van der Waals surface area contributed by atoms with Gasteiger partial charge >= 0.3 is 12.1 Å². The molecule has 1 saturated carbocycles. The van der Waals surface area contributed by atoms with Crippen LogP contribution in [0, 0.1) is 5.92 Å². The van der Waals surface area contributed by atoms with Gasteiger partial charge in [0.1, 0.15) is 19.3 Å². The Morgan fingerprint density at radius 3 is 2.11 bits per heavy atom. The molecule has 2 fully saturated rings. The summed E-state index contributed by atoms with van der Waals surface area (Å²) in [4.78, 5) is 41.5. The molecule has 3 aliphatic rings. The Morgan fingerprint density at radius 2 is 1.45 bits per heavy atom. The summed E-state index contributed by atoms with van der Waals surface area (Å²) in [6, 6.07) is 23.8. The topological polar surface area (TPSA) is 111 Å². The number of fused-ring (bicyclic) bond motifs is 3. The molecule has 1 saturated heterocycles. The molecule has 2 aliphatic carbocycles. The first-order valence-corrected chi connectivity index (χ1v) is 15.4. The first kappa shape index (κ1) is 31.5. The minimum absolute atomic E-state index is 0. The number of nitrogens with zero attached hydrogens (tertiary/aromatic N) is 1. The summed E-state index contributed by atoms with van der Waals surface area (Å²) >= 11 is 0. The summed E-state index contributed by atoms with van der Waals surface area (Å²) in [5.74, 6) is -0.722. The largest absolute Gasteiger partial charge is 0.459 e. The van der Waals surface area contributed by atoms with Gasteiger partial charge in [0.05, 0.1) is 12.1 Å². The van der Waals surface area contributed by atoms with Crippen molar-refractivity contribution in [3.8, 4) is 11.1 Å². The molecule has 2 amide bonds. The van der Waals surface area contributed by atoms with Gasteiger partial charge in [-0.05, 0) is 46.6 Å². The number of hydrogen-bond acceptors (Lipinski definition) is 6. The molecule has 232 valence electrons. The van der Waals surface area contributed by atoms with E-state index in [9.17, 15) is 14.4 Å². The summed E-state index contributed by atoms with van der Waals surface area (Å²) in [6.07, 6.45) is 4.74. The van der Waals surface area contributed by atoms with Crippen LogP contribution in [0.1, 0.15) is 61.1 Å². The molecule has 6 rings (SSSR count). The van der Waals surface area contributed by atoms with Crippen LogP contribution < -0.4 is 11.1 Å². The minimum atomic E-state index is -0.829. The van der Waals surface area contributed by atoms with Crippen molar-refractivity contribution in [3.63, 3.8) is 0 Å². The molecule has 1 aliphatic heterocycles. The van der Waals surface area contributed by atoms with Crippen molar-refractivity contribution < 1.29 is 23.9 Å². The number of carbonyl (C=O) groups excluding carboxylic acids is 3. The predicted octanol–water partition coefficient (Wildman–Crippen LogP) is 5.57. The maximum absolute atomic E-state index is 13.6. The van der Waals surface area contributed by atoms with Crippen molar-refractivity contribution in [1.29, 1.82) is 0 Å². The van der Waals surface area contributed by atoms with E-state index in [-0.39, 0.29) is 56.3 Å². The second-order valence-corrected chi connectivity index (χ2v) is 11.9. The van der Waals surface area contributed by atoms with Gasteiger partial charge in [-0.2, -0.15) is 0 Å². The van der Waals surface area contributed by atoms with Gasteiger partial charge in [0.15, 0.2) is 0 Å². The molecule has 0 aromatic heterocycles. The normalized spacial score (nSPS) is 20.2. The molecular formula is C35H40ClN3O5. The zero-order chi connectivity index (χ0) is 29.8. The third kappa shape index (κ3) is 6.76. The molecule has 3 aromatic carbocycles. The first-order valence-electron chi connectivity index (χ1n) is 15.4. The lowest BCUT2D eigenvalue weighted by Crippen LogP contribution is -2.52. The molecule has 0 bridgehead atoms. The van der Waals surface area contributed by atoms with Crippen LogP contribution in [0.2, 0.25) is 0 Å². The number of nitrogens with two attached hydrogens (primary N) is 1. The minimum Gasteiger partial charge on any atom is -0.459 e. The Kier molecular flexibility index (Phi) is 10.2. The van der Waals surface area contributed by atoms with E-state index in [1.54, 1.807) is 0 Å². The Labute approximate surface area is 264 Å². The summed E-state index contributed by atoms with van der Waals surface area (Å²) in [5.41, 5.74) is 11.9. The summed E-state index contributed by atoms with van der Waals surface area (Å²) in [6.45, 7) is 0.468. The van der Waals surface area contributed by atoms with Crippen LogP contribution in [0.25, 0.3) is 11.1 Å². The van der Waals surface area contributed by atoms with E-state index in [1.807, 2.05) is 54.6 Å². The van der Waals surface area contributed by atoms with E-state index < -0.39 is 30.2 Å². The maximum atomic E-state index is 13.6. The predicted molar refractivity (Wildman–Crippen MR) is 170 cm³/mol. The summed E-state index contributed by atoms with van der Waals surface area (Å²) in [7, 11) is 0. The number of hydrogen-bond donors (Lipinski definition) is 2. The molecule has 9 heteroatoms. The SMILES string of the molecule is Cl.NC(C(=O)N1C[C@@H](NC(=O)OCC2c3ccccc3-c3ccccc32)C[C@H]1C(=O)OCc1ccccc1)C1CCCCC1. The number of likely N-dealkylation sites (tertiary alicyclic amines) is 1. The highest BCUT2D eigenvalue weighted by molar-refractivity contribution is 5.89. The van der Waals surface area contributed by atoms with Gasteiger partial charge < -0.3 is 25.4 Å². The maximum Gasteiger partial charge on any atom is 0.407 e. The fourth-order valence-corrected chi connectivity index (χ4v) is 6.93. The first-order chi connectivity index (χ1) is 21.0. The molecule has 3 aromatic rings. The quantitative estimate of drug-likeness (QED) is 0.320. The molecule has 3 atom stereocenters. The molecule has 0 radical (unpaired) electrons. The van der Waals surface area contributed by atoms with Gasteiger partial charge in [0, 0.05) is 18.9 Å². The van der Waals surface area contributed by atoms with Gasteiger partial charge in [0.25, 0.3) is 0 Å². The van der Waals surface area contributed by atoms with E-state index in [1.165, 1.54) is 4.90 Å². The third-order valence-electron chi connectivity index (χ3n) is 9.19. The van der Waals surface area contributed by atoms with Gasteiger partial charge in [-0.15, -0.1) is 12.4 Å². The van der Waals surface area contributed by atoms with Crippen LogP contribution in [0.15, 0.2) is 78.9 Å². The van der Waals surface area contributed by atoms with Crippen molar-refractivity contribution in [2.45, 2.75) is 69.2 Å². The van der Waals surface area contributed by atoms with Crippen molar-refractivity contribution in [2.75, 3.05) is 13.2 Å². The van der Waals surface area contributed by atoms with E-state index in [0.717, 1.165) is 59.9 Å². The molecule has 8 nitrogen and oxygen atoms in total. The molecule has 0 spiro atoms. The van der Waals surface area contributed by atoms with Crippen molar-refractivity contribution in [2.24, 2.45) is 11.7 Å². The van der Waals surface area contributed by atoms with Gasteiger partial charge in [-0.3, -0.25) is 4.79 Å². The lowest BCUT2D eigenvalue weighted by molar-refractivity contribution is -0.155. The van der Waals surface area contributed by atoms with E-state index in [2.05, 4.69) is 29.6 Å². The van der Waals surface area contributed by atoms with E-state index >= 15 is 0 Å². The Morgan fingerprint density at radius 1 is 0.841 bits per heavy atom. The number of rotatable bonds is 8. The highest BCUT2D eigenvalue weighted by Gasteiger charge is 2.44. The van der Waals surface area contributed by atoms with Crippen molar-refractivity contribution in [3.05, 3.63) is 95.6 Å². The average molecular weight is 618 g/mol. The standard InChI is InChI=1S/C35H39N3O5.ClH/c36-32(24-13-5-2-6-14-24)33(39)38-20-25(19-31(38)34(40)42-21-23-11-3-1-4-12-23)37-35(41)43-22-30-28-17-9-7-15-26(28)27-16-8-10-18-29(27)30;/h1,3-4,7-12,15-18,24-25,30-32H,2,5-6,13-14,19-22,36H2,(H,37,41);1H/t25-,31-,32?;/m0./s1. The molecule has 1 unspecified atom stereocenters. The number of halogens is 1. The number of nitrogens with one attached hydrogen (secondary N) is 1. The second-order valence-electron chi connectivity index (χ2n) is 11.9. The zero-order valence-electron chi connectivity index (χ0n) is 24.7. The van der Waals surface area contributed by atoms with Crippen LogP contribution >= 0.6 is 12.4 Å². The number of carbonyl (C=O) groups is 3. The van der Waals surface area contributed by atoms with Gasteiger partial charge in [-0.25, -0.2) is 9.59 Å². The van der Waals surface area contributed by atoms with Gasteiger partial charge in [-0.1, -0.05) is 98.1 Å². The summed E-state index contributed by atoms with van der Waals surface area (Å²) in [5, 5.41) is 2.91. The van der Waals surface area contributed by atoms with Crippen LogP contribution in [0.3, 0.4) is 0 Å².